The van der Waals surface area contributed by atoms with Gasteiger partial charge in [0, 0.05) is 33.5 Å². The van der Waals surface area contributed by atoms with E-state index in [1.54, 1.807) is 41.3 Å². The molecule has 0 radical (unpaired) electrons. The van der Waals surface area contributed by atoms with Gasteiger partial charge in [0.1, 0.15) is 0 Å². The van der Waals surface area contributed by atoms with Crippen LogP contribution in [-0.4, -0.2) is 29.8 Å². The van der Waals surface area contributed by atoms with Crippen molar-refractivity contribution in [3.63, 3.8) is 0 Å². The molecule has 2 rings (SSSR count). The van der Waals surface area contributed by atoms with Gasteiger partial charge < -0.3 is 10.2 Å². The van der Waals surface area contributed by atoms with Gasteiger partial charge in [-0.05, 0) is 85.0 Å². The number of hydrogen-bond acceptors (Lipinski definition) is 2. The molecule has 0 spiro atoms. The van der Waals surface area contributed by atoms with Gasteiger partial charge in [0.2, 0.25) is 0 Å². The molecule has 0 saturated heterocycles. The first-order chi connectivity index (χ1) is 11.0. The number of benzene rings is 2. The molecular weight excluding hydrogens is 403 g/mol. The van der Waals surface area contributed by atoms with Crippen molar-refractivity contribution in [2.75, 3.05) is 18.4 Å². The highest BCUT2D eigenvalue weighted by molar-refractivity contribution is 14.1. The molecule has 120 valence electrons. The van der Waals surface area contributed by atoms with Crippen LogP contribution < -0.4 is 5.32 Å². The first kappa shape index (κ1) is 17.5. The van der Waals surface area contributed by atoms with Crippen molar-refractivity contribution in [3.05, 3.63) is 63.2 Å². The summed E-state index contributed by atoms with van der Waals surface area (Å²) < 4.78 is 1.08. The number of rotatable bonds is 5. The maximum atomic E-state index is 12.2. The molecule has 0 bridgehead atoms. The highest BCUT2D eigenvalue weighted by Gasteiger charge is 2.12. The molecule has 1 N–H and O–H groups in total. The average Bonchev–Trinajstić information content (AvgIpc) is 2.57. The van der Waals surface area contributed by atoms with Gasteiger partial charge in [-0.1, -0.05) is 0 Å². The van der Waals surface area contributed by atoms with Crippen LogP contribution in [0.25, 0.3) is 0 Å². The molecule has 0 aliphatic rings. The minimum Gasteiger partial charge on any atom is -0.339 e. The van der Waals surface area contributed by atoms with E-state index < -0.39 is 0 Å². The monoisotopic (exact) mass is 422 g/mol. The normalized spacial score (nSPS) is 10.2. The second-order valence-corrected chi connectivity index (χ2v) is 6.26. The largest absolute Gasteiger partial charge is 0.339 e. The SMILES string of the molecule is CCN(CC)C(=O)c1ccc(NC(=O)c2ccc(I)cc2)cc1. The highest BCUT2D eigenvalue weighted by atomic mass is 127. The first-order valence-electron chi connectivity index (χ1n) is 7.51. The molecule has 0 unspecified atom stereocenters. The lowest BCUT2D eigenvalue weighted by Gasteiger charge is -2.18. The van der Waals surface area contributed by atoms with E-state index in [1.165, 1.54) is 0 Å². The van der Waals surface area contributed by atoms with Gasteiger partial charge in [-0.15, -0.1) is 0 Å². The van der Waals surface area contributed by atoms with E-state index >= 15 is 0 Å². The molecule has 2 aromatic rings. The Morgan fingerprint density at radius 3 is 1.96 bits per heavy atom. The third-order valence-electron chi connectivity index (χ3n) is 3.55. The lowest BCUT2D eigenvalue weighted by Crippen LogP contribution is -2.30. The van der Waals surface area contributed by atoms with E-state index in [2.05, 4.69) is 27.9 Å². The molecule has 0 heterocycles. The fourth-order valence-corrected chi connectivity index (χ4v) is 2.55. The Balaban J connectivity index is 2.06. The summed E-state index contributed by atoms with van der Waals surface area (Å²) >= 11 is 2.20. The van der Waals surface area contributed by atoms with Crippen LogP contribution in [0.2, 0.25) is 0 Å². The minimum absolute atomic E-state index is 0.00510. The average molecular weight is 422 g/mol. The summed E-state index contributed by atoms with van der Waals surface area (Å²) in [4.78, 5) is 26.2. The standard InChI is InChI=1S/C18H19IN2O2/c1-3-21(4-2)18(23)14-7-11-16(12-8-14)20-17(22)13-5-9-15(19)10-6-13/h5-12H,3-4H2,1-2H3,(H,20,22). The van der Waals surface area contributed by atoms with Crippen LogP contribution in [0.15, 0.2) is 48.5 Å². The molecule has 23 heavy (non-hydrogen) atoms. The molecule has 0 atom stereocenters. The molecule has 5 heteroatoms. The number of anilines is 1. The van der Waals surface area contributed by atoms with E-state index in [0.29, 0.717) is 29.9 Å². The number of carbonyl (C=O) groups is 2. The van der Waals surface area contributed by atoms with Crippen molar-refractivity contribution in [2.45, 2.75) is 13.8 Å². The van der Waals surface area contributed by atoms with Gasteiger partial charge in [0.05, 0.1) is 0 Å². The van der Waals surface area contributed by atoms with Crippen LogP contribution in [0.3, 0.4) is 0 Å². The number of amides is 2. The van der Waals surface area contributed by atoms with E-state index in [-0.39, 0.29) is 11.8 Å². The molecule has 0 saturated carbocycles. The summed E-state index contributed by atoms with van der Waals surface area (Å²) in [5.41, 5.74) is 1.90. The van der Waals surface area contributed by atoms with Crippen LogP contribution in [-0.2, 0) is 0 Å². The fourth-order valence-electron chi connectivity index (χ4n) is 2.19. The second-order valence-electron chi connectivity index (χ2n) is 5.02. The van der Waals surface area contributed by atoms with Crippen molar-refractivity contribution >= 4 is 40.1 Å². The van der Waals surface area contributed by atoms with Crippen LogP contribution in [0.1, 0.15) is 34.6 Å². The number of nitrogens with one attached hydrogen (secondary N) is 1. The Kier molecular flexibility index (Phi) is 6.15. The van der Waals surface area contributed by atoms with Crippen molar-refractivity contribution in [1.82, 2.24) is 4.90 Å². The van der Waals surface area contributed by atoms with Gasteiger partial charge >= 0.3 is 0 Å². The summed E-state index contributed by atoms with van der Waals surface area (Å²) in [5, 5.41) is 2.83. The Hall–Kier alpha value is -1.89. The topological polar surface area (TPSA) is 49.4 Å². The third kappa shape index (κ3) is 4.54. The molecule has 2 amide bonds. The molecule has 0 fully saturated rings. The Labute approximate surface area is 150 Å². The van der Waals surface area contributed by atoms with E-state index in [4.69, 9.17) is 0 Å². The Morgan fingerprint density at radius 1 is 0.913 bits per heavy atom. The Morgan fingerprint density at radius 2 is 1.43 bits per heavy atom. The summed E-state index contributed by atoms with van der Waals surface area (Å²) in [6.45, 7) is 5.27. The molecular formula is C18H19IN2O2. The van der Waals surface area contributed by atoms with Crippen LogP contribution in [0, 0.1) is 3.57 Å². The quantitative estimate of drug-likeness (QED) is 0.740. The number of halogens is 1. The van der Waals surface area contributed by atoms with Gasteiger partial charge in [0.15, 0.2) is 0 Å². The molecule has 0 aliphatic carbocycles. The minimum atomic E-state index is -0.163. The zero-order valence-electron chi connectivity index (χ0n) is 13.2. The highest BCUT2D eigenvalue weighted by Crippen LogP contribution is 2.14. The van der Waals surface area contributed by atoms with Crippen molar-refractivity contribution in [1.29, 1.82) is 0 Å². The molecule has 0 aliphatic heterocycles. The first-order valence-corrected chi connectivity index (χ1v) is 8.59. The lowest BCUT2D eigenvalue weighted by atomic mass is 10.1. The van der Waals surface area contributed by atoms with Crippen molar-refractivity contribution in [2.24, 2.45) is 0 Å². The Bertz CT molecular complexity index is 677. The molecule has 4 nitrogen and oxygen atoms in total. The predicted octanol–water partition coefficient (Wildman–Crippen LogP) is 4.03. The van der Waals surface area contributed by atoms with E-state index in [1.807, 2.05) is 26.0 Å². The van der Waals surface area contributed by atoms with Crippen LogP contribution in [0.4, 0.5) is 5.69 Å². The van der Waals surface area contributed by atoms with Gasteiger partial charge in [-0.3, -0.25) is 9.59 Å². The number of nitrogens with zero attached hydrogens (tertiary/aromatic N) is 1. The zero-order chi connectivity index (χ0) is 16.8. The zero-order valence-corrected chi connectivity index (χ0v) is 15.3. The van der Waals surface area contributed by atoms with Crippen molar-refractivity contribution < 1.29 is 9.59 Å². The molecule has 0 aromatic heterocycles. The van der Waals surface area contributed by atoms with Gasteiger partial charge in [-0.2, -0.15) is 0 Å². The number of hydrogen-bond donors (Lipinski definition) is 1. The lowest BCUT2D eigenvalue weighted by molar-refractivity contribution is 0.0773. The summed E-state index contributed by atoms with van der Waals surface area (Å²) in [7, 11) is 0. The summed E-state index contributed by atoms with van der Waals surface area (Å²) in [6.07, 6.45) is 0. The van der Waals surface area contributed by atoms with Gasteiger partial charge in [0.25, 0.3) is 11.8 Å². The maximum Gasteiger partial charge on any atom is 0.255 e. The molecule has 2 aromatic carbocycles. The van der Waals surface area contributed by atoms with Crippen LogP contribution >= 0.6 is 22.6 Å². The van der Waals surface area contributed by atoms with Crippen LogP contribution in [0.5, 0.6) is 0 Å². The predicted molar refractivity (Wildman–Crippen MR) is 101 cm³/mol. The smallest absolute Gasteiger partial charge is 0.255 e. The fraction of sp³-hybridized carbons (Fsp3) is 0.222. The third-order valence-corrected chi connectivity index (χ3v) is 4.27. The summed E-state index contributed by atoms with van der Waals surface area (Å²) in [6, 6.07) is 14.3. The maximum absolute atomic E-state index is 12.2. The summed E-state index contributed by atoms with van der Waals surface area (Å²) in [5.74, 6) is -0.158. The number of carbonyl (C=O) groups excluding carboxylic acids is 2. The second kappa shape index (κ2) is 8.10. The van der Waals surface area contributed by atoms with E-state index in [9.17, 15) is 9.59 Å². The van der Waals surface area contributed by atoms with E-state index in [0.717, 1.165) is 3.57 Å². The van der Waals surface area contributed by atoms with Crippen molar-refractivity contribution in [3.8, 4) is 0 Å². The van der Waals surface area contributed by atoms with Gasteiger partial charge in [-0.25, -0.2) is 0 Å².